The number of hydrogen-bond acceptors (Lipinski definition) is 3. The Labute approximate surface area is 145 Å². The molecule has 2 rings (SSSR count). The summed E-state index contributed by atoms with van der Waals surface area (Å²) in [6, 6.07) is 12.1. The molecule has 1 amide bonds. The van der Waals surface area contributed by atoms with Gasteiger partial charge in [-0.3, -0.25) is 14.9 Å². The van der Waals surface area contributed by atoms with Crippen molar-refractivity contribution in [3.8, 4) is 0 Å². The van der Waals surface area contributed by atoms with E-state index in [9.17, 15) is 9.59 Å². The summed E-state index contributed by atoms with van der Waals surface area (Å²) in [4.78, 5) is 22.8. The van der Waals surface area contributed by atoms with Crippen LogP contribution in [0.5, 0.6) is 0 Å². The number of nitrogens with zero attached hydrogens (tertiary/aromatic N) is 1. The predicted octanol–water partition coefficient (Wildman–Crippen LogP) is 1.10. The van der Waals surface area contributed by atoms with E-state index in [2.05, 4.69) is 10.6 Å². The largest absolute Gasteiger partial charge is 0.480 e. The number of rotatable bonds is 5. The molecule has 6 nitrogen and oxygen atoms in total. The quantitative estimate of drug-likeness (QED) is 0.559. The van der Waals surface area contributed by atoms with Crippen LogP contribution in [0.25, 0.3) is 0 Å². The zero-order valence-electron chi connectivity index (χ0n) is 13.1. The molecule has 0 fully saturated rings. The molecule has 0 saturated carbocycles. The Bertz CT molecular complexity index is 733. The summed E-state index contributed by atoms with van der Waals surface area (Å²) in [5.74, 6) is -1.43. The second-order valence-electron chi connectivity index (χ2n) is 5.23. The molecule has 1 aromatic carbocycles. The van der Waals surface area contributed by atoms with E-state index in [0.717, 1.165) is 5.56 Å². The number of thiocarbonyl (C=S) groups is 1. The van der Waals surface area contributed by atoms with E-state index >= 15 is 0 Å². The number of benzene rings is 1. The summed E-state index contributed by atoms with van der Waals surface area (Å²) in [6.45, 7) is 2.15. The van der Waals surface area contributed by atoms with Crippen molar-refractivity contribution in [3.63, 3.8) is 0 Å². The van der Waals surface area contributed by atoms with Gasteiger partial charge in [-0.15, -0.1) is 0 Å². The molecule has 0 aliphatic carbocycles. The van der Waals surface area contributed by atoms with Crippen LogP contribution in [0.4, 0.5) is 0 Å². The SMILES string of the molecule is CC(NC(=S)NC(=O)c1ccc(C[n+]2ccccc2)cc1)C(=O)O. The van der Waals surface area contributed by atoms with Gasteiger partial charge in [0.25, 0.3) is 5.91 Å². The van der Waals surface area contributed by atoms with Gasteiger partial charge < -0.3 is 10.4 Å². The first-order chi connectivity index (χ1) is 11.5. The number of pyridine rings is 1. The molecule has 1 aromatic heterocycles. The highest BCUT2D eigenvalue weighted by atomic mass is 32.1. The minimum atomic E-state index is -1.05. The van der Waals surface area contributed by atoms with Crippen molar-refractivity contribution in [3.05, 3.63) is 66.0 Å². The number of aliphatic carboxylic acids is 1. The van der Waals surface area contributed by atoms with Gasteiger partial charge in [0, 0.05) is 23.3 Å². The molecule has 7 heteroatoms. The summed E-state index contributed by atoms with van der Waals surface area (Å²) < 4.78 is 2.03. The first-order valence-electron chi connectivity index (χ1n) is 7.33. The van der Waals surface area contributed by atoms with Crippen LogP contribution in [0, 0.1) is 0 Å². The Kier molecular flexibility index (Phi) is 5.97. The third kappa shape index (κ3) is 5.13. The molecule has 0 saturated heterocycles. The monoisotopic (exact) mass is 344 g/mol. The third-order valence-corrected chi connectivity index (χ3v) is 3.52. The number of amides is 1. The highest BCUT2D eigenvalue weighted by Crippen LogP contribution is 2.04. The average molecular weight is 344 g/mol. The average Bonchev–Trinajstić information content (AvgIpc) is 2.56. The molecular weight excluding hydrogens is 326 g/mol. The molecule has 0 spiro atoms. The number of hydrogen-bond donors (Lipinski definition) is 3. The van der Waals surface area contributed by atoms with Gasteiger partial charge in [-0.05, 0) is 31.3 Å². The maximum atomic E-state index is 12.1. The van der Waals surface area contributed by atoms with Gasteiger partial charge >= 0.3 is 5.97 Å². The first kappa shape index (κ1) is 17.6. The predicted molar refractivity (Wildman–Crippen MR) is 92.5 cm³/mol. The van der Waals surface area contributed by atoms with Crippen LogP contribution in [-0.2, 0) is 11.3 Å². The van der Waals surface area contributed by atoms with E-state index in [0.29, 0.717) is 12.1 Å². The van der Waals surface area contributed by atoms with Crippen LogP contribution in [0.15, 0.2) is 54.9 Å². The van der Waals surface area contributed by atoms with E-state index in [1.165, 1.54) is 6.92 Å². The molecule has 0 aliphatic heterocycles. The van der Waals surface area contributed by atoms with Crippen molar-refractivity contribution in [1.82, 2.24) is 10.6 Å². The maximum Gasteiger partial charge on any atom is 0.325 e. The molecule has 2 aromatic rings. The second kappa shape index (κ2) is 8.16. The summed E-state index contributed by atoms with van der Waals surface area (Å²) in [5.41, 5.74) is 1.51. The summed E-state index contributed by atoms with van der Waals surface area (Å²) in [6.07, 6.45) is 3.93. The first-order valence-corrected chi connectivity index (χ1v) is 7.74. The van der Waals surface area contributed by atoms with Gasteiger partial charge in [0.1, 0.15) is 6.04 Å². The number of aromatic nitrogens is 1. The van der Waals surface area contributed by atoms with Crippen molar-refractivity contribution in [2.24, 2.45) is 0 Å². The normalized spacial score (nSPS) is 11.4. The van der Waals surface area contributed by atoms with E-state index in [4.69, 9.17) is 17.3 Å². The minimum Gasteiger partial charge on any atom is -0.480 e. The number of carboxylic acids is 1. The number of carboxylic acid groups (broad SMARTS) is 1. The minimum absolute atomic E-state index is 0.0150. The van der Waals surface area contributed by atoms with Crippen LogP contribution in [-0.4, -0.2) is 28.1 Å². The molecule has 1 unspecified atom stereocenters. The fraction of sp³-hybridized carbons (Fsp3) is 0.176. The Hall–Kier alpha value is -2.80. The molecule has 124 valence electrons. The Balaban J connectivity index is 1.93. The number of nitrogens with one attached hydrogen (secondary N) is 2. The van der Waals surface area contributed by atoms with Crippen LogP contribution in [0.2, 0.25) is 0 Å². The van der Waals surface area contributed by atoms with Crippen molar-refractivity contribution in [2.75, 3.05) is 0 Å². The lowest BCUT2D eigenvalue weighted by Crippen LogP contribution is -2.46. The lowest BCUT2D eigenvalue weighted by atomic mass is 10.1. The van der Waals surface area contributed by atoms with Crippen molar-refractivity contribution in [1.29, 1.82) is 0 Å². The molecular formula is C17H18N3O3S+. The van der Waals surface area contributed by atoms with Gasteiger partial charge in [-0.1, -0.05) is 18.2 Å². The van der Waals surface area contributed by atoms with Crippen LogP contribution in [0.3, 0.4) is 0 Å². The van der Waals surface area contributed by atoms with Crippen molar-refractivity contribution in [2.45, 2.75) is 19.5 Å². The highest BCUT2D eigenvalue weighted by Gasteiger charge is 2.14. The maximum absolute atomic E-state index is 12.1. The van der Waals surface area contributed by atoms with E-state index in [1.807, 2.05) is 47.3 Å². The van der Waals surface area contributed by atoms with Gasteiger partial charge in [-0.25, -0.2) is 4.57 Å². The lowest BCUT2D eigenvalue weighted by molar-refractivity contribution is -0.688. The lowest BCUT2D eigenvalue weighted by Gasteiger charge is -2.12. The van der Waals surface area contributed by atoms with Crippen LogP contribution in [0.1, 0.15) is 22.8 Å². The summed E-state index contributed by atoms with van der Waals surface area (Å²) in [7, 11) is 0. The van der Waals surface area contributed by atoms with E-state index < -0.39 is 12.0 Å². The number of carbonyl (C=O) groups excluding carboxylic acids is 1. The molecule has 0 radical (unpaired) electrons. The van der Waals surface area contributed by atoms with Gasteiger partial charge in [0.2, 0.25) is 0 Å². The zero-order chi connectivity index (χ0) is 17.5. The Morgan fingerprint density at radius 3 is 2.38 bits per heavy atom. The molecule has 0 bridgehead atoms. The standard InChI is InChI=1S/C17H17N3O3S/c1-12(16(22)23)18-17(24)19-15(21)14-7-5-13(6-8-14)11-20-9-3-2-4-10-20/h2-10,12H,11H2,1H3,(H2-,18,19,21,22,23,24)/p+1. The highest BCUT2D eigenvalue weighted by molar-refractivity contribution is 7.80. The second-order valence-corrected chi connectivity index (χ2v) is 5.64. The van der Waals surface area contributed by atoms with Crippen molar-refractivity contribution >= 4 is 29.2 Å². The van der Waals surface area contributed by atoms with Crippen LogP contribution < -0.4 is 15.2 Å². The molecule has 1 atom stereocenters. The third-order valence-electron chi connectivity index (χ3n) is 3.30. The smallest absolute Gasteiger partial charge is 0.325 e. The van der Waals surface area contributed by atoms with E-state index in [1.54, 1.807) is 12.1 Å². The summed E-state index contributed by atoms with van der Waals surface area (Å²) >= 11 is 4.93. The molecule has 3 N–H and O–H groups in total. The fourth-order valence-corrected chi connectivity index (χ4v) is 2.25. The Morgan fingerprint density at radius 2 is 1.79 bits per heavy atom. The van der Waals surface area contributed by atoms with Crippen LogP contribution >= 0.6 is 12.2 Å². The van der Waals surface area contributed by atoms with Gasteiger partial charge in [0.05, 0.1) is 0 Å². The van der Waals surface area contributed by atoms with Crippen molar-refractivity contribution < 1.29 is 19.3 Å². The fourth-order valence-electron chi connectivity index (χ4n) is 1.98. The molecule has 0 aliphatic rings. The molecule has 24 heavy (non-hydrogen) atoms. The Morgan fingerprint density at radius 1 is 1.17 bits per heavy atom. The van der Waals surface area contributed by atoms with Gasteiger partial charge in [0.15, 0.2) is 24.1 Å². The summed E-state index contributed by atoms with van der Waals surface area (Å²) in [5, 5.41) is 13.8. The van der Waals surface area contributed by atoms with Gasteiger partial charge in [-0.2, -0.15) is 0 Å². The van der Waals surface area contributed by atoms with E-state index in [-0.39, 0.29) is 11.0 Å². The molecule has 1 heterocycles. The zero-order valence-corrected chi connectivity index (χ0v) is 13.9. The number of carbonyl (C=O) groups is 2. The topological polar surface area (TPSA) is 82.3 Å².